The van der Waals surface area contributed by atoms with Crippen LogP contribution in [-0.2, 0) is 11.3 Å². The predicted molar refractivity (Wildman–Crippen MR) is 175 cm³/mol. The molecule has 0 atom stereocenters. The largest absolute Gasteiger partial charge is 0.494 e. The minimum Gasteiger partial charge on any atom is -0.494 e. The first-order valence-electron chi connectivity index (χ1n) is 15.4. The summed E-state index contributed by atoms with van der Waals surface area (Å²) in [5, 5.41) is 14.1. The number of fused-ring (bicyclic) bond motifs is 10. The van der Waals surface area contributed by atoms with Gasteiger partial charge in [-0.15, -0.1) is 0 Å². The molecule has 15 nitrogen and oxygen atoms in total. The molecule has 6 bridgehead atoms. The number of nitrogens with one attached hydrogen (secondary N) is 2. The van der Waals surface area contributed by atoms with Gasteiger partial charge in [0, 0.05) is 31.3 Å². The van der Waals surface area contributed by atoms with E-state index in [2.05, 4.69) is 30.6 Å². The number of hydrogen-bond donors (Lipinski definition) is 6. The number of carboxylic acid groups (broad SMARTS) is 1. The number of aliphatic imine (C=N–C) groups is 1. The fourth-order valence-corrected chi connectivity index (χ4v) is 4.17. The van der Waals surface area contributed by atoms with Crippen molar-refractivity contribution in [3.8, 4) is 17.5 Å². The van der Waals surface area contributed by atoms with Crippen LogP contribution in [0.4, 0.5) is 30.8 Å². The maximum absolute atomic E-state index is 12.7. The maximum atomic E-state index is 12.7. The first kappa shape index (κ1) is 37.9. The summed E-state index contributed by atoms with van der Waals surface area (Å²) in [5.74, 6) is -0.469. The molecule has 0 saturated heterocycles. The molecule has 49 heavy (non-hydrogen) atoms. The normalized spacial score (nSPS) is 13.4. The Hall–Kier alpha value is -5.55. The number of halogens is 3. The number of unbranched alkanes of at least 4 members (excludes halogenated alkanes) is 1. The van der Waals surface area contributed by atoms with Gasteiger partial charge in [-0.05, 0) is 68.4 Å². The van der Waals surface area contributed by atoms with E-state index in [1.807, 2.05) is 24.3 Å². The lowest BCUT2D eigenvalue weighted by atomic mass is 10.1. The second kappa shape index (κ2) is 19.3. The Labute approximate surface area is 280 Å². The summed E-state index contributed by atoms with van der Waals surface area (Å²) in [6, 6.07) is 11.5. The highest BCUT2D eigenvalue weighted by Crippen LogP contribution is 2.27. The Kier molecular flexibility index (Phi) is 14.9. The van der Waals surface area contributed by atoms with Crippen molar-refractivity contribution in [3.63, 3.8) is 0 Å². The fourth-order valence-electron chi connectivity index (χ4n) is 4.17. The average Bonchev–Trinajstić information content (AvgIpc) is 3.04. The molecular formula is C31H40F3N9O6. The van der Waals surface area contributed by atoms with Crippen molar-refractivity contribution in [1.82, 2.24) is 15.0 Å². The van der Waals surface area contributed by atoms with Gasteiger partial charge in [-0.2, -0.15) is 28.1 Å². The number of anilines is 3. The summed E-state index contributed by atoms with van der Waals surface area (Å²) in [7, 11) is 0. The van der Waals surface area contributed by atoms with Gasteiger partial charge in [0.05, 0.1) is 18.8 Å². The number of aromatic nitrogens is 3. The highest BCUT2D eigenvalue weighted by molar-refractivity contribution is 5.96. The molecule has 2 aromatic carbocycles. The van der Waals surface area contributed by atoms with Gasteiger partial charge in [0.2, 0.25) is 11.9 Å². The van der Waals surface area contributed by atoms with Crippen molar-refractivity contribution in [3.05, 3.63) is 53.6 Å². The van der Waals surface area contributed by atoms with Crippen LogP contribution in [0.25, 0.3) is 0 Å². The van der Waals surface area contributed by atoms with Crippen LogP contribution in [-0.4, -0.2) is 70.4 Å². The molecule has 0 spiro atoms. The Morgan fingerprint density at radius 3 is 2.27 bits per heavy atom. The van der Waals surface area contributed by atoms with Crippen LogP contribution in [0, 0.1) is 0 Å². The maximum Gasteiger partial charge on any atom is 0.422 e. The van der Waals surface area contributed by atoms with Crippen molar-refractivity contribution in [2.75, 3.05) is 37.0 Å². The summed E-state index contributed by atoms with van der Waals surface area (Å²) in [6.45, 7) is 0.166. The predicted octanol–water partition coefficient (Wildman–Crippen LogP) is 4.11. The van der Waals surface area contributed by atoms with E-state index in [-0.39, 0.29) is 42.1 Å². The molecule has 0 saturated carbocycles. The molecule has 3 heterocycles. The lowest BCUT2D eigenvalue weighted by molar-refractivity contribution is -0.154. The molecule has 0 aliphatic carbocycles. The summed E-state index contributed by atoms with van der Waals surface area (Å²) < 4.78 is 54.6. The Bertz CT molecular complexity index is 1540. The molecular weight excluding hydrogens is 651 g/mol. The summed E-state index contributed by atoms with van der Waals surface area (Å²) >= 11 is 0. The van der Waals surface area contributed by atoms with E-state index in [9.17, 15) is 22.8 Å². The molecule has 1 aromatic heterocycles. The highest BCUT2D eigenvalue weighted by atomic mass is 19.4. The molecule has 9 N–H and O–H groups in total. The average molecular weight is 692 g/mol. The van der Waals surface area contributed by atoms with Gasteiger partial charge in [0.25, 0.3) is 5.91 Å². The zero-order valence-electron chi connectivity index (χ0n) is 26.7. The summed E-state index contributed by atoms with van der Waals surface area (Å²) in [6.07, 6.45) is 0.438. The minimum atomic E-state index is -4.57. The lowest BCUT2D eigenvalue weighted by Gasteiger charge is -2.14. The number of alkyl halides is 3. The Morgan fingerprint density at radius 2 is 1.61 bits per heavy atom. The number of carbonyl (C=O) groups is 2. The quantitative estimate of drug-likeness (QED) is 0.111. The van der Waals surface area contributed by atoms with E-state index in [1.165, 1.54) is 6.07 Å². The number of benzene rings is 2. The molecule has 5 rings (SSSR count). The van der Waals surface area contributed by atoms with Gasteiger partial charge in [-0.1, -0.05) is 12.1 Å². The standard InChI is InChI=1S/C25H27F3N6O4.C6H13N3O2/c26-25(27,28)15-38-24-33-22-30-14-16-5-8-18(9-6-16)36-11-3-1-2-4-12-37-20-13-17(31-23(32-22)34-24)7-10-19(20)21(29)35;7-6(8)9-4-2-1-3-5(10)11/h5-10,13H,1-4,11-12,14-15H2,(H2,29,35)(H2,30,31,32,33,34);1-4H2,(H,10,11)(H4,7,8,9). The van der Waals surface area contributed by atoms with Crippen LogP contribution >= 0.6 is 0 Å². The van der Waals surface area contributed by atoms with Gasteiger partial charge in [-0.25, -0.2) is 0 Å². The Balaban J connectivity index is 0.000000509. The van der Waals surface area contributed by atoms with Gasteiger partial charge in [-0.3, -0.25) is 14.6 Å². The van der Waals surface area contributed by atoms with E-state index >= 15 is 0 Å². The lowest BCUT2D eigenvalue weighted by Crippen LogP contribution is -2.22. The highest BCUT2D eigenvalue weighted by Gasteiger charge is 2.29. The third-order valence-corrected chi connectivity index (χ3v) is 6.52. The molecule has 0 radical (unpaired) electrons. The number of aliphatic carboxylic acids is 1. The Morgan fingerprint density at radius 1 is 0.918 bits per heavy atom. The van der Waals surface area contributed by atoms with E-state index in [4.69, 9.17) is 36.5 Å². The molecule has 18 heteroatoms. The fraction of sp³-hybridized carbons (Fsp3) is 0.419. The van der Waals surface area contributed by atoms with Crippen molar-refractivity contribution in [2.45, 2.75) is 57.7 Å². The molecule has 2 aliphatic heterocycles. The van der Waals surface area contributed by atoms with Gasteiger partial charge < -0.3 is 47.2 Å². The third kappa shape index (κ3) is 15.3. The molecule has 0 fully saturated rings. The van der Waals surface area contributed by atoms with E-state index < -0.39 is 30.7 Å². The van der Waals surface area contributed by atoms with Crippen LogP contribution in [0.1, 0.15) is 60.9 Å². The number of amides is 1. The summed E-state index contributed by atoms with van der Waals surface area (Å²) in [4.78, 5) is 37.7. The number of guanidine groups is 1. The van der Waals surface area contributed by atoms with E-state index in [0.29, 0.717) is 38.3 Å². The number of nitrogens with two attached hydrogens (primary N) is 3. The zero-order valence-corrected chi connectivity index (χ0v) is 26.7. The van der Waals surface area contributed by atoms with Gasteiger partial charge >= 0.3 is 18.2 Å². The SMILES string of the molecule is NC(=O)c1ccc2cc1OCCCCCCOc1ccc(cc1)CNc1nc(nc(OCC(F)(F)F)n1)N2.NC(N)=NCCCCC(=O)O. The van der Waals surface area contributed by atoms with Crippen LogP contribution in [0.15, 0.2) is 47.5 Å². The van der Waals surface area contributed by atoms with Crippen LogP contribution in [0.5, 0.6) is 17.5 Å². The van der Waals surface area contributed by atoms with Crippen molar-refractivity contribution in [2.24, 2.45) is 22.2 Å². The van der Waals surface area contributed by atoms with Gasteiger partial charge in [0.1, 0.15) is 11.5 Å². The molecule has 2 aliphatic rings. The first-order chi connectivity index (χ1) is 23.4. The second-order valence-electron chi connectivity index (χ2n) is 10.6. The van der Waals surface area contributed by atoms with E-state index in [1.54, 1.807) is 12.1 Å². The number of primary amides is 1. The third-order valence-electron chi connectivity index (χ3n) is 6.52. The van der Waals surface area contributed by atoms with Crippen LogP contribution < -0.4 is 42.0 Å². The first-order valence-corrected chi connectivity index (χ1v) is 15.4. The minimum absolute atomic E-state index is 0.00359. The van der Waals surface area contributed by atoms with Crippen molar-refractivity contribution in [1.29, 1.82) is 0 Å². The van der Waals surface area contributed by atoms with Crippen molar-refractivity contribution >= 4 is 35.4 Å². The molecule has 266 valence electrons. The molecule has 3 aromatic rings. The number of carboxylic acids is 1. The topological polar surface area (TPSA) is 235 Å². The number of hydrogen-bond acceptors (Lipinski definition) is 11. The van der Waals surface area contributed by atoms with E-state index in [0.717, 1.165) is 37.0 Å². The summed E-state index contributed by atoms with van der Waals surface area (Å²) in [5.41, 5.74) is 17.1. The number of ether oxygens (including phenoxy) is 3. The van der Waals surface area contributed by atoms with Crippen LogP contribution in [0.2, 0.25) is 0 Å². The number of nitrogens with zero attached hydrogens (tertiary/aromatic N) is 4. The van der Waals surface area contributed by atoms with Crippen LogP contribution in [0.3, 0.4) is 0 Å². The molecule has 0 unspecified atom stereocenters. The monoisotopic (exact) mass is 691 g/mol. The zero-order chi connectivity index (χ0) is 35.6. The number of rotatable bonds is 8. The molecule has 1 amide bonds. The van der Waals surface area contributed by atoms with Crippen molar-refractivity contribution < 1.29 is 42.1 Å². The second-order valence-corrected chi connectivity index (χ2v) is 10.6. The van der Waals surface area contributed by atoms with Gasteiger partial charge in [0.15, 0.2) is 12.6 Å². The smallest absolute Gasteiger partial charge is 0.422 e. The number of carbonyl (C=O) groups excluding carboxylic acids is 1.